The van der Waals surface area contributed by atoms with E-state index >= 15 is 0 Å². The van der Waals surface area contributed by atoms with Crippen LogP contribution < -0.4 is 0 Å². The Hall–Kier alpha value is -1.46. The summed E-state index contributed by atoms with van der Waals surface area (Å²) in [4.78, 5) is 20.5. The Balaban J connectivity index is 1.64. The zero-order valence-corrected chi connectivity index (χ0v) is 13.4. The van der Waals surface area contributed by atoms with Gasteiger partial charge in [0.05, 0.1) is 12.1 Å². The van der Waals surface area contributed by atoms with Gasteiger partial charge in [-0.3, -0.25) is 14.7 Å². The molecular weight excluding hydrogens is 278 g/mol. The van der Waals surface area contributed by atoms with E-state index in [2.05, 4.69) is 22.0 Å². The highest BCUT2D eigenvalue weighted by molar-refractivity contribution is 5.75. The number of hydrogen-bond acceptors (Lipinski definition) is 4. The lowest BCUT2D eigenvalue weighted by atomic mass is 9.87. The second kappa shape index (κ2) is 6.75. The first kappa shape index (κ1) is 15.4. The molecule has 5 nitrogen and oxygen atoms in total. The van der Waals surface area contributed by atoms with Gasteiger partial charge in [0, 0.05) is 51.6 Å². The minimum atomic E-state index is 0.262. The number of aromatic nitrogens is 1. The highest BCUT2D eigenvalue weighted by atomic mass is 16.5. The third-order valence-corrected chi connectivity index (χ3v) is 5.04. The van der Waals surface area contributed by atoms with Crippen molar-refractivity contribution in [2.45, 2.75) is 44.4 Å². The SMILES string of the molecule is CCC(=O)N1CCC(N2C[C@H](OC)[C@@H]2c2ccncc2)CC1. The average Bonchev–Trinajstić information content (AvgIpc) is 2.55. The first-order valence-corrected chi connectivity index (χ1v) is 8.20. The summed E-state index contributed by atoms with van der Waals surface area (Å²) in [6.07, 6.45) is 6.69. The van der Waals surface area contributed by atoms with E-state index in [0.29, 0.717) is 18.5 Å². The fourth-order valence-electron chi connectivity index (χ4n) is 3.71. The van der Waals surface area contributed by atoms with Gasteiger partial charge in [-0.05, 0) is 30.5 Å². The van der Waals surface area contributed by atoms with Crippen molar-refractivity contribution in [2.24, 2.45) is 0 Å². The van der Waals surface area contributed by atoms with Gasteiger partial charge in [0.25, 0.3) is 0 Å². The van der Waals surface area contributed by atoms with Gasteiger partial charge in [-0.1, -0.05) is 6.92 Å². The van der Waals surface area contributed by atoms with Crippen molar-refractivity contribution in [1.82, 2.24) is 14.8 Å². The largest absolute Gasteiger partial charge is 0.378 e. The quantitative estimate of drug-likeness (QED) is 0.851. The molecule has 2 atom stereocenters. The molecule has 1 aromatic rings. The number of ether oxygens (including phenoxy) is 1. The van der Waals surface area contributed by atoms with Crippen LogP contribution in [-0.2, 0) is 9.53 Å². The normalized spacial score (nSPS) is 26.7. The van der Waals surface area contributed by atoms with Crippen LogP contribution in [0.4, 0.5) is 0 Å². The third kappa shape index (κ3) is 2.88. The fraction of sp³-hybridized carbons (Fsp3) is 0.647. The Morgan fingerprint density at radius 1 is 1.32 bits per heavy atom. The van der Waals surface area contributed by atoms with Gasteiger partial charge >= 0.3 is 0 Å². The predicted octanol–water partition coefficient (Wildman–Crippen LogP) is 1.85. The summed E-state index contributed by atoms with van der Waals surface area (Å²) in [6.45, 7) is 4.69. The van der Waals surface area contributed by atoms with Crippen molar-refractivity contribution in [3.05, 3.63) is 30.1 Å². The molecule has 0 aromatic carbocycles. The van der Waals surface area contributed by atoms with Crippen molar-refractivity contribution in [2.75, 3.05) is 26.7 Å². The zero-order valence-electron chi connectivity index (χ0n) is 13.4. The second-order valence-electron chi connectivity index (χ2n) is 6.16. The molecule has 22 heavy (non-hydrogen) atoms. The molecule has 120 valence electrons. The molecule has 5 heteroatoms. The molecule has 2 fully saturated rings. The summed E-state index contributed by atoms with van der Waals surface area (Å²) in [5.41, 5.74) is 1.28. The molecule has 0 spiro atoms. The van der Waals surface area contributed by atoms with Crippen LogP contribution in [0.1, 0.15) is 37.8 Å². The van der Waals surface area contributed by atoms with Gasteiger partial charge in [-0.25, -0.2) is 0 Å². The Morgan fingerprint density at radius 2 is 2.00 bits per heavy atom. The maximum absolute atomic E-state index is 11.8. The van der Waals surface area contributed by atoms with Gasteiger partial charge < -0.3 is 9.64 Å². The Labute approximate surface area is 132 Å². The molecule has 0 radical (unpaired) electrons. The first-order valence-electron chi connectivity index (χ1n) is 8.20. The summed E-state index contributed by atoms with van der Waals surface area (Å²) >= 11 is 0. The Kier molecular flexibility index (Phi) is 4.74. The number of piperidine rings is 1. The number of methoxy groups -OCH3 is 1. The Morgan fingerprint density at radius 3 is 2.59 bits per heavy atom. The van der Waals surface area contributed by atoms with Gasteiger partial charge in [0.2, 0.25) is 5.91 Å². The topological polar surface area (TPSA) is 45.7 Å². The maximum atomic E-state index is 11.8. The lowest BCUT2D eigenvalue weighted by Gasteiger charge is -2.53. The standard InChI is InChI=1S/C17H25N3O2/c1-3-16(21)19-10-6-14(7-11-19)20-12-15(22-2)17(20)13-4-8-18-9-5-13/h4-5,8-9,14-15,17H,3,6-7,10-12H2,1-2H3/t15-,17-/m0/s1. The number of carbonyl (C=O) groups excluding carboxylic acids is 1. The number of likely N-dealkylation sites (tertiary alicyclic amines) is 2. The third-order valence-electron chi connectivity index (χ3n) is 5.04. The molecule has 1 aromatic heterocycles. The zero-order chi connectivity index (χ0) is 15.5. The number of pyridine rings is 1. The number of nitrogens with zero attached hydrogens (tertiary/aromatic N) is 3. The van der Waals surface area contributed by atoms with Crippen LogP contribution in [-0.4, -0.2) is 59.6 Å². The molecule has 3 heterocycles. The highest BCUT2D eigenvalue weighted by Gasteiger charge is 2.44. The molecule has 0 bridgehead atoms. The van der Waals surface area contributed by atoms with Gasteiger partial charge in [-0.15, -0.1) is 0 Å². The minimum Gasteiger partial charge on any atom is -0.378 e. The van der Waals surface area contributed by atoms with Crippen LogP contribution >= 0.6 is 0 Å². The van der Waals surface area contributed by atoms with Crippen molar-refractivity contribution < 1.29 is 9.53 Å². The van der Waals surface area contributed by atoms with E-state index in [1.807, 2.05) is 24.2 Å². The molecule has 0 aliphatic carbocycles. The van der Waals surface area contributed by atoms with Crippen molar-refractivity contribution >= 4 is 5.91 Å². The van der Waals surface area contributed by atoms with E-state index in [0.717, 1.165) is 32.5 Å². The molecule has 0 saturated carbocycles. The monoisotopic (exact) mass is 303 g/mol. The van der Waals surface area contributed by atoms with Gasteiger partial charge in [0.1, 0.15) is 0 Å². The second-order valence-corrected chi connectivity index (χ2v) is 6.16. The van der Waals surface area contributed by atoms with E-state index < -0.39 is 0 Å². The lowest BCUT2D eigenvalue weighted by molar-refractivity contribution is -0.137. The highest BCUT2D eigenvalue weighted by Crippen LogP contribution is 2.39. The minimum absolute atomic E-state index is 0.262. The number of rotatable bonds is 4. The van der Waals surface area contributed by atoms with E-state index in [1.54, 1.807) is 7.11 Å². The first-order chi connectivity index (χ1) is 10.7. The Bertz CT molecular complexity index is 500. The number of amides is 1. The van der Waals surface area contributed by atoms with Gasteiger partial charge in [-0.2, -0.15) is 0 Å². The van der Waals surface area contributed by atoms with Crippen LogP contribution in [0.2, 0.25) is 0 Å². The van der Waals surface area contributed by atoms with E-state index in [-0.39, 0.29) is 12.0 Å². The molecule has 2 aliphatic heterocycles. The number of carbonyl (C=O) groups is 1. The summed E-state index contributed by atoms with van der Waals surface area (Å²) in [5.74, 6) is 0.280. The molecule has 1 amide bonds. The van der Waals surface area contributed by atoms with E-state index in [1.165, 1.54) is 5.56 Å². The maximum Gasteiger partial charge on any atom is 0.222 e. The predicted molar refractivity (Wildman–Crippen MR) is 84.4 cm³/mol. The summed E-state index contributed by atoms with van der Waals surface area (Å²) in [5, 5.41) is 0. The van der Waals surface area contributed by atoms with Crippen molar-refractivity contribution in [1.29, 1.82) is 0 Å². The van der Waals surface area contributed by atoms with Crippen LogP contribution in [0.25, 0.3) is 0 Å². The van der Waals surface area contributed by atoms with Crippen LogP contribution in [0.5, 0.6) is 0 Å². The smallest absolute Gasteiger partial charge is 0.222 e. The molecular formula is C17H25N3O2. The summed E-state index contributed by atoms with van der Waals surface area (Å²) in [6, 6.07) is 5.04. The summed E-state index contributed by atoms with van der Waals surface area (Å²) < 4.78 is 5.62. The molecule has 2 aliphatic rings. The van der Waals surface area contributed by atoms with Crippen LogP contribution in [0, 0.1) is 0 Å². The number of hydrogen-bond donors (Lipinski definition) is 0. The molecule has 2 saturated heterocycles. The molecule has 3 rings (SSSR count). The molecule has 0 unspecified atom stereocenters. The fourth-order valence-corrected chi connectivity index (χ4v) is 3.71. The van der Waals surface area contributed by atoms with Crippen molar-refractivity contribution in [3.8, 4) is 0 Å². The molecule has 0 N–H and O–H groups in total. The lowest BCUT2D eigenvalue weighted by Crippen LogP contribution is -2.60. The van der Waals surface area contributed by atoms with Gasteiger partial charge in [0.15, 0.2) is 0 Å². The van der Waals surface area contributed by atoms with Crippen LogP contribution in [0.3, 0.4) is 0 Å². The van der Waals surface area contributed by atoms with E-state index in [9.17, 15) is 4.79 Å². The average molecular weight is 303 g/mol. The van der Waals surface area contributed by atoms with E-state index in [4.69, 9.17) is 4.74 Å². The van der Waals surface area contributed by atoms with Crippen molar-refractivity contribution in [3.63, 3.8) is 0 Å². The van der Waals surface area contributed by atoms with Crippen LogP contribution in [0.15, 0.2) is 24.5 Å². The summed E-state index contributed by atoms with van der Waals surface area (Å²) in [7, 11) is 1.79.